The van der Waals surface area contributed by atoms with Gasteiger partial charge in [-0.1, -0.05) is 225 Å². The summed E-state index contributed by atoms with van der Waals surface area (Å²) in [6, 6.07) is -0.553. The monoisotopic (exact) mass is 806 g/mol. The average Bonchev–Trinajstić information content (AvgIpc) is 3.21. The quantitative estimate of drug-likeness (QED) is 0.0323. The molecule has 6 nitrogen and oxygen atoms in total. The highest BCUT2D eigenvalue weighted by atomic mass is 16.5. The number of hydrogen-bond acceptors (Lipinski definition) is 5. The Bertz CT molecular complexity index is 847. The van der Waals surface area contributed by atoms with Crippen molar-refractivity contribution in [2.75, 3.05) is 13.2 Å². The Balaban J connectivity index is 3.44. The Kier molecular flexibility index (Phi) is 46.1. The fourth-order valence-corrected chi connectivity index (χ4v) is 7.87. The maximum Gasteiger partial charge on any atom is 0.305 e. The summed E-state index contributed by atoms with van der Waals surface area (Å²) in [4.78, 5) is 24.5. The highest BCUT2D eigenvalue weighted by molar-refractivity contribution is 5.76. The summed E-state index contributed by atoms with van der Waals surface area (Å²) in [7, 11) is 0. The van der Waals surface area contributed by atoms with Gasteiger partial charge in [-0.25, -0.2) is 0 Å². The highest BCUT2D eigenvalue weighted by Gasteiger charge is 2.20. The van der Waals surface area contributed by atoms with Crippen molar-refractivity contribution < 1.29 is 24.5 Å². The second-order valence-electron chi connectivity index (χ2n) is 17.5. The van der Waals surface area contributed by atoms with Crippen LogP contribution in [0.2, 0.25) is 0 Å². The molecule has 0 aromatic carbocycles. The van der Waals surface area contributed by atoms with E-state index >= 15 is 0 Å². The maximum absolute atomic E-state index is 12.4. The van der Waals surface area contributed by atoms with Gasteiger partial charge in [-0.2, -0.15) is 0 Å². The molecule has 0 saturated carbocycles. The molecule has 0 aliphatic rings. The van der Waals surface area contributed by atoms with Crippen LogP contribution in [0.3, 0.4) is 0 Å². The highest BCUT2D eigenvalue weighted by Crippen LogP contribution is 2.16. The van der Waals surface area contributed by atoms with Crippen molar-refractivity contribution in [2.45, 2.75) is 289 Å². The van der Waals surface area contributed by atoms with E-state index < -0.39 is 12.1 Å². The number of ether oxygens (including phenoxy) is 1. The van der Waals surface area contributed by atoms with Crippen molar-refractivity contribution in [3.63, 3.8) is 0 Å². The van der Waals surface area contributed by atoms with Gasteiger partial charge in [-0.15, -0.1) is 0 Å². The van der Waals surface area contributed by atoms with Crippen LogP contribution in [-0.2, 0) is 14.3 Å². The van der Waals surface area contributed by atoms with E-state index in [2.05, 4.69) is 31.3 Å². The molecule has 0 aliphatic heterocycles. The van der Waals surface area contributed by atoms with Crippen molar-refractivity contribution in [3.8, 4) is 0 Å². The number of carbonyl (C=O) groups excluding carboxylic acids is 2. The number of aliphatic hydroxyl groups excluding tert-OH is 2. The molecule has 0 heterocycles. The molecule has 3 N–H and O–H groups in total. The summed E-state index contributed by atoms with van der Waals surface area (Å²) in [5.74, 6) is -0.0712. The number of nitrogens with one attached hydrogen (secondary N) is 1. The molecule has 0 radical (unpaired) electrons. The van der Waals surface area contributed by atoms with Crippen LogP contribution in [0.1, 0.15) is 277 Å². The minimum atomic E-state index is -0.674. The van der Waals surface area contributed by atoms with Gasteiger partial charge >= 0.3 is 5.97 Å². The SMILES string of the molecule is CCCCCCCCC/C=C\CCCCCCCCCC(=O)OCCCCCCCCCCCCCC(=O)NC(CO)C(O)CCCCCCCCCCCCC. The zero-order chi connectivity index (χ0) is 41.5. The van der Waals surface area contributed by atoms with Crippen molar-refractivity contribution in [3.05, 3.63) is 12.2 Å². The number of unbranched alkanes of at least 4 members (excludes halogenated alkanes) is 34. The summed E-state index contributed by atoms with van der Waals surface area (Å²) < 4.78 is 5.46. The van der Waals surface area contributed by atoms with Crippen LogP contribution in [0.5, 0.6) is 0 Å². The first-order valence-electron chi connectivity index (χ1n) is 25.4. The fraction of sp³-hybridized carbons (Fsp3) is 0.922. The summed E-state index contributed by atoms with van der Waals surface area (Å²) in [6.07, 6.45) is 53.2. The molecule has 0 fully saturated rings. The molecule has 0 rings (SSSR count). The van der Waals surface area contributed by atoms with Crippen LogP contribution in [0.4, 0.5) is 0 Å². The molecule has 2 atom stereocenters. The van der Waals surface area contributed by atoms with Crippen LogP contribution >= 0.6 is 0 Å². The van der Waals surface area contributed by atoms with Crippen molar-refractivity contribution >= 4 is 11.9 Å². The maximum atomic E-state index is 12.4. The van der Waals surface area contributed by atoms with Gasteiger partial charge in [0.2, 0.25) is 5.91 Å². The third kappa shape index (κ3) is 44.0. The number of allylic oxidation sites excluding steroid dienone is 2. The van der Waals surface area contributed by atoms with E-state index in [1.54, 1.807) is 0 Å². The Morgan fingerprint density at radius 2 is 0.825 bits per heavy atom. The molecule has 0 saturated heterocycles. The summed E-state index contributed by atoms with van der Waals surface area (Å²) in [5.41, 5.74) is 0. The number of esters is 1. The van der Waals surface area contributed by atoms with Gasteiger partial charge in [0.1, 0.15) is 0 Å². The molecular weight excluding hydrogens is 707 g/mol. The van der Waals surface area contributed by atoms with E-state index in [0.29, 0.717) is 25.9 Å². The first-order chi connectivity index (χ1) is 28.0. The number of aliphatic hydroxyl groups is 2. The molecule has 0 aliphatic carbocycles. The van der Waals surface area contributed by atoms with E-state index in [1.807, 2.05) is 0 Å². The van der Waals surface area contributed by atoms with Gasteiger partial charge in [0.25, 0.3) is 0 Å². The van der Waals surface area contributed by atoms with E-state index in [0.717, 1.165) is 57.8 Å². The van der Waals surface area contributed by atoms with Gasteiger partial charge in [-0.05, 0) is 51.4 Å². The number of rotatable bonds is 47. The first-order valence-corrected chi connectivity index (χ1v) is 25.4. The van der Waals surface area contributed by atoms with Gasteiger partial charge in [0.15, 0.2) is 0 Å². The zero-order valence-corrected chi connectivity index (χ0v) is 38.3. The molecule has 57 heavy (non-hydrogen) atoms. The third-order valence-corrected chi connectivity index (χ3v) is 11.8. The average molecular weight is 806 g/mol. The molecule has 0 aromatic rings. The Hall–Kier alpha value is -1.40. The Morgan fingerprint density at radius 3 is 1.25 bits per heavy atom. The van der Waals surface area contributed by atoms with Crippen molar-refractivity contribution in [2.24, 2.45) is 0 Å². The van der Waals surface area contributed by atoms with Crippen molar-refractivity contribution in [1.29, 1.82) is 0 Å². The molecular formula is C51H99NO5. The largest absolute Gasteiger partial charge is 0.466 e. The van der Waals surface area contributed by atoms with E-state index in [4.69, 9.17) is 4.74 Å². The van der Waals surface area contributed by atoms with Crippen LogP contribution in [-0.4, -0.2) is 47.4 Å². The smallest absolute Gasteiger partial charge is 0.305 e. The minimum absolute atomic E-state index is 0.0166. The second-order valence-corrected chi connectivity index (χ2v) is 17.5. The fourth-order valence-electron chi connectivity index (χ4n) is 7.87. The Morgan fingerprint density at radius 1 is 0.474 bits per heavy atom. The molecule has 0 bridgehead atoms. The number of hydrogen-bond donors (Lipinski definition) is 3. The number of carbonyl (C=O) groups is 2. The molecule has 2 unspecified atom stereocenters. The van der Waals surface area contributed by atoms with Gasteiger partial charge < -0.3 is 20.3 Å². The normalized spacial score (nSPS) is 12.7. The van der Waals surface area contributed by atoms with E-state index in [9.17, 15) is 19.8 Å². The lowest BCUT2D eigenvalue weighted by molar-refractivity contribution is -0.143. The minimum Gasteiger partial charge on any atom is -0.466 e. The van der Waals surface area contributed by atoms with Crippen LogP contribution in [0, 0.1) is 0 Å². The van der Waals surface area contributed by atoms with E-state index in [-0.39, 0.29) is 18.5 Å². The lowest BCUT2D eigenvalue weighted by Crippen LogP contribution is -2.45. The number of amides is 1. The zero-order valence-electron chi connectivity index (χ0n) is 38.3. The molecule has 338 valence electrons. The second kappa shape index (κ2) is 47.3. The lowest BCUT2D eigenvalue weighted by Gasteiger charge is -2.22. The predicted molar refractivity (Wildman–Crippen MR) is 246 cm³/mol. The lowest BCUT2D eigenvalue weighted by atomic mass is 10.0. The molecule has 0 aromatic heterocycles. The molecule has 1 amide bonds. The molecule has 6 heteroatoms. The van der Waals surface area contributed by atoms with Crippen molar-refractivity contribution in [1.82, 2.24) is 5.32 Å². The Labute approximate surface area is 355 Å². The summed E-state index contributed by atoms with van der Waals surface area (Å²) >= 11 is 0. The third-order valence-electron chi connectivity index (χ3n) is 11.8. The van der Waals surface area contributed by atoms with Gasteiger partial charge in [-0.3, -0.25) is 9.59 Å². The van der Waals surface area contributed by atoms with Gasteiger partial charge in [0.05, 0.1) is 25.4 Å². The molecule has 0 spiro atoms. The van der Waals surface area contributed by atoms with Crippen LogP contribution < -0.4 is 5.32 Å². The summed E-state index contributed by atoms with van der Waals surface area (Å²) in [6.45, 7) is 4.90. The van der Waals surface area contributed by atoms with E-state index in [1.165, 1.54) is 186 Å². The first kappa shape index (κ1) is 55.6. The van der Waals surface area contributed by atoms with Crippen LogP contribution in [0.15, 0.2) is 12.2 Å². The van der Waals surface area contributed by atoms with Gasteiger partial charge in [0, 0.05) is 12.8 Å². The predicted octanol–water partition coefficient (Wildman–Crippen LogP) is 15.0. The summed E-state index contributed by atoms with van der Waals surface area (Å²) in [5, 5.41) is 23.1. The standard InChI is InChI=1S/C51H99NO5/c1-3-5-7-9-11-13-15-16-17-18-19-20-21-25-29-33-37-41-45-51(56)57-46-42-38-34-30-26-22-24-28-32-36-40-44-50(55)52-48(47-53)49(54)43-39-35-31-27-23-14-12-10-8-6-4-2/h17-18,48-49,53-54H,3-16,19-47H2,1-2H3,(H,52,55)/b18-17-. The topological polar surface area (TPSA) is 95.9 Å². The van der Waals surface area contributed by atoms with Crippen LogP contribution in [0.25, 0.3) is 0 Å².